The average Bonchev–Trinajstić information content (AvgIpc) is 3.53. The molecule has 1 aromatic rings. The number of carbonyl (C=O) groups excluding carboxylic acids is 1. The Hall–Kier alpha value is -2.77. The van der Waals surface area contributed by atoms with Crippen molar-refractivity contribution in [1.82, 2.24) is 20.2 Å². The number of likely N-dealkylation sites (tertiary alicyclic amines) is 1. The topological polar surface area (TPSA) is 82.5 Å². The van der Waals surface area contributed by atoms with Gasteiger partial charge in [-0.25, -0.2) is 19.4 Å². The molecule has 1 aliphatic carbocycles. The van der Waals surface area contributed by atoms with Crippen molar-refractivity contribution in [3.05, 3.63) is 40.6 Å². The maximum Gasteiger partial charge on any atom is 0.254 e. The lowest BCUT2D eigenvalue weighted by Gasteiger charge is -2.32. The van der Waals surface area contributed by atoms with Gasteiger partial charge < -0.3 is 15.5 Å². The number of amides is 1. The number of nitrogens with one attached hydrogen (secondary N) is 2. The lowest BCUT2D eigenvalue weighted by atomic mass is 9.94. The van der Waals surface area contributed by atoms with Gasteiger partial charge in [-0.15, -0.1) is 0 Å². The number of alkyl halides is 1. The van der Waals surface area contributed by atoms with Crippen molar-refractivity contribution < 1.29 is 9.18 Å². The first-order valence-corrected chi connectivity index (χ1v) is 11.3. The van der Waals surface area contributed by atoms with Crippen molar-refractivity contribution in [2.24, 2.45) is 4.99 Å². The Labute approximate surface area is 190 Å². The monoisotopic (exact) mass is 442 g/mol. The van der Waals surface area contributed by atoms with Crippen molar-refractivity contribution in [2.75, 3.05) is 31.6 Å². The quantitative estimate of drug-likeness (QED) is 0.343. The standard InChI is InChI=1S/C24H35FN6O/c1-16(2)20(17(3)21(26-5)30-24(4)9-10-24)23(32)31-14-7-18(8-15-31)22-28-12-6-19(29-22)27-13-11-25/h6,12,18,30H,5,7-11,13-15H2,1-4H3,(H,27,28,29)/b21-17-. The molecule has 2 heterocycles. The molecule has 1 aliphatic heterocycles. The third-order valence-corrected chi connectivity index (χ3v) is 6.24. The number of allylic oxidation sites excluding steroid dienone is 1. The summed E-state index contributed by atoms with van der Waals surface area (Å²) >= 11 is 0. The van der Waals surface area contributed by atoms with Crippen LogP contribution in [0.5, 0.6) is 0 Å². The molecular weight excluding hydrogens is 407 g/mol. The van der Waals surface area contributed by atoms with Gasteiger partial charge in [0.1, 0.15) is 24.1 Å². The van der Waals surface area contributed by atoms with E-state index in [1.165, 1.54) is 0 Å². The number of hydrogen-bond donors (Lipinski definition) is 2. The SMILES string of the molecule is C=N/C(NC1(C)CC1)=C(\C)C(C(=O)N1CCC(c2nccc(NCCF)n2)CC1)=C(C)C. The highest BCUT2D eigenvalue weighted by molar-refractivity contribution is 5.98. The summed E-state index contributed by atoms with van der Waals surface area (Å²) in [4.78, 5) is 28.5. The Morgan fingerprint density at radius 2 is 2.00 bits per heavy atom. The van der Waals surface area contributed by atoms with Gasteiger partial charge >= 0.3 is 0 Å². The van der Waals surface area contributed by atoms with Crippen LogP contribution in [0.15, 0.2) is 39.8 Å². The predicted molar refractivity (Wildman–Crippen MR) is 126 cm³/mol. The number of anilines is 1. The molecule has 0 spiro atoms. The molecule has 2 N–H and O–H groups in total. The fourth-order valence-electron chi connectivity index (χ4n) is 4.06. The summed E-state index contributed by atoms with van der Waals surface area (Å²) in [5, 5.41) is 6.41. The van der Waals surface area contributed by atoms with Gasteiger partial charge in [-0.1, -0.05) is 5.57 Å². The van der Waals surface area contributed by atoms with Crippen LogP contribution in [0.1, 0.15) is 65.1 Å². The van der Waals surface area contributed by atoms with Gasteiger partial charge in [0.15, 0.2) is 0 Å². The van der Waals surface area contributed by atoms with E-state index in [0.29, 0.717) is 30.3 Å². The van der Waals surface area contributed by atoms with Crippen LogP contribution in [0.25, 0.3) is 0 Å². The van der Waals surface area contributed by atoms with Crippen LogP contribution in [0.2, 0.25) is 0 Å². The number of rotatable bonds is 9. The van der Waals surface area contributed by atoms with E-state index in [2.05, 4.69) is 39.2 Å². The Morgan fingerprint density at radius 3 is 2.56 bits per heavy atom. The van der Waals surface area contributed by atoms with Gasteiger partial charge in [0, 0.05) is 48.4 Å². The number of halogens is 1. The van der Waals surface area contributed by atoms with Gasteiger partial charge in [0.05, 0.1) is 0 Å². The summed E-state index contributed by atoms with van der Waals surface area (Å²) in [7, 11) is 0. The Kier molecular flexibility index (Phi) is 7.64. The van der Waals surface area contributed by atoms with E-state index >= 15 is 0 Å². The van der Waals surface area contributed by atoms with Crippen LogP contribution in [0.4, 0.5) is 10.2 Å². The molecule has 0 bridgehead atoms. The first kappa shape index (κ1) is 23.9. The molecule has 32 heavy (non-hydrogen) atoms. The number of nitrogens with zero attached hydrogens (tertiary/aromatic N) is 4. The Morgan fingerprint density at radius 1 is 1.31 bits per heavy atom. The first-order chi connectivity index (χ1) is 15.3. The number of aliphatic imine (C=N–C) groups is 1. The van der Waals surface area contributed by atoms with Crippen LogP contribution in [-0.4, -0.2) is 59.3 Å². The maximum atomic E-state index is 13.5. The Balaban J connectivity index is 1.69. The van der Waals surface area contributed by atoms with E-state index in [1.54, 1.807) is 12.3 Å². The van der Waals surface area contributed by atoms with Crippen molar-refractivity contribution in [3.63, 3.8) is 0 Å². The third kappa shape index (κ3) is 5.72. The van der Waals surface area contributed by atoms with Crippen LogP contribution in [0, 0.1) is 0 Å². The largest absolute Gasteiger partial charge is 0.367 e. The highest BCUT2D eigenvalue weighted by Gasteiger charge is 2.38. The van der Waals surface area contributed by atoms with E-state index in [0.717, 1.165) is 42.7 Å². The van der Waals surface area contributed by atoms with E-state index in [1.807, 2.05) is 25.7 Å². The molecule has 0 aromatic carbocycles. The zero-order chi connectivity index (χ0) is 23.3. The summed E-state index contributed by atoms with van der Waals surface area (Å²) in [6, 6.07) is 1.75. The lowest BCUT2D eigenvalue weighted by molar-refractivity contribution is -0.128. The van der Waals surface area contributed by atoms with Gasteiger partial charge in [-0.2, -0.15) is 0 Å². The molecule has 8 heteroatoms. The van der Waals surface area contributed by atoms with Crippen molar-refractivity contribution in [1.29, 1.82) is 0 Å². The van der Waals surface area contributed by atoms with E-state index in [9.17, 15) is 9.18 Å². The van der Waals surface area contributed by atoms with Crippen molar-refractivity contribution in [3.8, 4) is 0 Å². The molecule has 174 valence electrons. The molecule has 2 fully saturated rings. The van der Waals surface area contributed by atoms with E-state index in [4.69, 9.17) is 0 Å². The molecular formula is C24H35FN6O. The molecule has 2 aliphatic rings. The fraction of sp³-hybridized carbons (Fsp3) is 0.583. The van der Waals surface area contributed by atoms with Gasteiger partial charge in [0.2, 0.25) is 0 Å². The molecule has 7 nitrogen and oxygen atoms in total. The fourth-order valence-corrected chi connectivity index (χ4v) is 4.06. The third-order valence-electron chi connectivity index (χ3n) is 6.24. The molecule has 0 atom stereocenters. The molecule has 0 unspecified atom stereocenters. The maximum absolute atomic E-state index is 13.5. The molecule has 1 saturated carbocycles. The minimum atomic E-state index is -0.446. The second-order valence-electron chi connectivity index (χ2n) is 9.17. The van der Waals surface area contributed by atoms with E-state index in [-0.39, 0.29) is 23.9 Å². The zero-order valence-electron chi connectivity index (χ0n) is 19.7. The van der Waals surface area contributed by atoms with E-state index < -0.39 is 6.67 Å². The summed E-state index contributed by atoms with van der Waals surface area (Å²) in [6.07, 6.45) is 5.47. The zero-order valence-corrected chi connectivity index (χ0v) is 19.7. The minimum Gasteiger partial charge on any atom is -0.367 e. The molecule has 3 rings (SSSR count). The predicted octanol–water partition coefficient (Wildman–Crippen LogP) is 3.97. The van der Waals surface area contributed by atoms with Gasteiger partial charge in [-0.05, 0) is 66.2 Å². The molecule has 0 radical (unpaired) electrons. The number of aromatic nitrogens is 2. The van der Waals surface area contributed by atoms with Crippen LogP contribution >= 0.6 is 0 Å². The summed E-state index contributed by atoms with van der Waals surface area (Å²) in [5.74, 6) is 2.29. The second kappa shape index (κ2) is 10.2. The van der Waals surface area contributed by atoms with Crippen LogP contribution in [-0.2, 0) is 4.79 Å². The summed E-state index contributed by atoms with van der Waals surface area (Å²) in [5.41, 5.74) is 2.57. The Bertz CT molecular complexity index is 909. The van der Waals surface area contributed by atoms with Crippen molar-refractivity contribution >= 4 is 18.4 Å². The molecule has 1 saturated heterocycles. The number of hydrogen-bond acceptors (Lipinski definition) is 6. The highest BCUT2D eigenvalue weighted by atomic mass is 19.1. The van der Waals surface area contributed by atoms with Gasteiger partial charge in [0.25, 0.3) is 5.91 Å². The molecule has 1 amide bonds. The van der Waals surface area contributed by atoms with Gasteiger partial charge in [-0.3, -0.25) is 4.79 Å². The van der Waals surface area contributed by atoms with Crippen LogP contribution < -0.4 is 10.6 Å². The minimum absolute atomic E-state index is 0.0316. The number of piperidine rings is 1. The lowest BCUT2D eigenvalue weighted by Crippen LogP contribution is -2.40. The normalized spacial score (nSPS) is 18.5. The van der Waals surface area contributed by atoms with Crippen LogP contribution in [0.3, 0.4) is 0 Å². The highest BCUT2D eigenvalue weighted by Crippen LogP contribution is 2.36. The second-order valence-corrected chi connectivity index (χ2v) is 9.17. The summed E-state index contributed by atoms with van der Waals surface area (Å²) in [6.45, 7) is 12.8. The molecule has 1 aromatic heterocycles. The first-order valence-electron chi connectivity index (χ1n) is 11.3. The number of carbonyl (C=O) groups is 1. The van der Waals surface area contributed by atoms with Crippen molar-refractivity contribution in [2.45, 2.75) is 64.8 Å². The average molecular weight is 443 g/mol. The summed E-state index contributed by atoms with van der Waals surface area (Å²) < 4.78 is 12.4. The smallest absolute Gasteiger partial charge is 0.254 e.